The van der Waals surface area contributed by atoms with E-state index >= 15 is 0 Å². The Kier molecular flexibility index (Phi) is 3.53. The first-order valence-corrected chi connectivity index (χ1v) is 6.88. The summed E-state index contributed by atoms with van der Waals surface area (Å²) in [5, 5.41) is 2.97. The third kappa shape index (κ3) is 2.88. The molecule has 2 aliphatic rings. The van der Waals surface area contributed by atoms with Gasteiger partial charge in [-0.2, -0.15) is 0 Å². The molecule has 2 heterocycles. The number of nitrogens with one attached hydrogen (secondary N) is 1. The van der Waals surface area contributed by atoms with E-state index in [1.54, 1.807) is 0 Å². The summed E-state index contributed by atoms with van der Waals surface area (Å²) in [6.07, 6.45) is 1.19. The van der Waals surface area contributed by atoms with Crippen LogP contribution in [0.3, 0.4) is 0 Å². The van der Waals surface area contributed by atoms with Crippen molar-refractivity contribution >= 4 is 5.91 Å². The highest BCUT2D eigenvalue weighted by molar-refractivity contribution is 5.76. The van der Waals surface area contributed by atoms with Crippen LogP contribution in [0.15, 0.2) is 18.2 Å². The number of aryl methyl sites for hydroxylation is 1. The highest BCUT2D eigenvalue weighted by atomic mass is 16.7. The highest BCUT2D eigenvalue weighted by Crippen LogP contribution is 2.32. The SMILES string of the molecule is CC1(CNC(=O)CCc2ccc3c(c2)OCO3)COC1. The second-order valence-corrected chi connectivity index (χ2v) is 5.77. The molecule has 0 radical (unpaired) electrons. The molecular formula is C15H19NO4. The number of hydrogen-bond acceptors (Lipinski definition) is 4. The van der Waals surface area contributed by atoms with Crippen molar-refractivity contribution in [2.75, 3.05) is 26.6 Å². The summed E-state index contributed by atoms with van der Waals surface area (Å²) in [4.78, 5) is 11.8. The van der Waals surface area contributed by atoms with Crippen LogP contribution < -0.4 is 14.8 Å². The number of fused-ring (bicyclic) bond motifs is 1. The van der Waals surface area contributed by atoms with Gasteiger partial charge >= 0.3 is 0 Å². The van der Waals surface area contributed by atoms with Crippen molar-refractivity contribution in [3.8, 4) is 11.5 Å². The number of ether oxygens (including phenoxy) is 3. The van der Waals surface area contributed by atoms with E-state index in [1.165, 1.54) is 0 Å². The van der Waals surface area contributed by atoms with E-state index in [-0.39, 0.29) is 18.1 Å². The van der Waals surface area contributed by atoms with Gasteiger partial charge in [-0.15, -0.1) is 0 Å². The fraction of sp³-hybridized carbons (Fsp3) is 0.533. The standard InChI is InChI=1S/C15H19NO4/c1-15(8-18-9-15)7-16-14(17)5-3-11-2-4-12-13(6-11)20-10-19-12/h2,4,6H,3,5,7-10H2,1H3,(H,16,17). The molecule has 0 saturated carbocycles. The number of benzene rings is 1. The zero-order valence-corrected chi connectivity index (χ0v) is 11.6. The van der Waals surface area contributed by atoms with Gasteiger partial charge in [-0.1, -0.05) is 13.0 Å². The van der Waals surface area contributed by atoms with Gasteiger partial charge in [0.05, 0.1) is 13.2 Å². The molecule has 0 atom stereocenters. The molecule has 2 aliphatic heterocycles. The average molecular weight is 277 g/mol. The molecule has 5 heteroatoms. The quantitative estimate of drug-likeness (QED) is 0.886. The Bertz CT molecular complexity index is 511. The van der Waals surface area contributed by atoms with E-state index in [0.29, 0.717) is 19.4 Å². The van der Waals surface area contributed by atoms with Crippen LogP contribution in [0.25, 0.3) is 0 Å². The molecule has 1 aromatic carbocycles. The predicted octanol–water partition coefficient (Wildman–Crippen LogP) is 1.50. The molecule has 1 aromatic rings. The maximum Gasteiger partial charge on any atom is 0.231 e. The second kappa shape index (κ2) is 5.32. The van der Waals surface area contributed by atoms with Crippen LogP contribution in [0.4, 0.5) is 0 Å². The molecule has 20 heavy (non-hydrogen) atoms. The van der Waals surface area contributed by atoms with Crippen LogP contribution in [0.1, 0.15) is 18.9 Å². The van der Waals surface area contributed by atoms with Crippen LogP contribution in [0, 0.1) is 5.41 Å². The van der Waals surface area contributed by atoms with Crippen molar-refractivity contribution < 1.29 is 19.0 Å². The lowest BCUT2D eigenvalue weighted by atomic mass is 9.89. The molecule has 0 aromatic heterocycles. The summed E-state index contributed by atoms with van der Waals surface area (Å²) in [6, 6.07) is 5.81. The summed E-state index contributed by atoms with van der Waals surface area (Å²) >= 11 is 0. The van der Waals surface area contributed by atoms with Crippen molar-refractivity contribution in [1.82, 2.24) is 5.32 Å². The zero-order chi connectivity index (χ0) is 14.0. The van der Waals surface area contributed by atoms with Gasteiger partial charge in [0.25, 0.3) is 0 Å². The monoisotopic (exact) mass is 277 g/mol. The minimum absolute atomic E-state index is 0.0794. The Hall–Kier alpha value is -1.75. The van der Waals surface area contributed by atoms with Crippen molar-refractivity contribution in [3.05, 3.63) is 23.8 Å². The molecule has 0 bridgehead atoms. The lowest BCUT2D eigenvalue weighted by molar-refractivity contribution is -0.126. The fourth-order valence-corrected chi connectivity index (χ4v) is 2.31. The van der Waals surface area contributed by atoms with Crippen LogP contribution in [-0.2, 0) is 16.0 Å². The number of carbonyl (C=O) groups is 1. The van der Waals surface area contributed by atoms with Crippen LogP contribution in [0.5, 0.6) is 11.5 Å². The number of rotatable bonds is 5. The molecule has 1 saturated heterocycles. The van der Waals surface area contributed by atoms with E-state index < -0.39 is 0 Å². The van der Waals surface area contributed by atoms with Crippen molar-refractivity contribution in [2.24, 2.45) is 5.41 Å². The Labute approximate surface area is 118 Å². The van der Waals surface area contributed by atoms with Crippen molar-refractivity contribution in [1.29, 1.82) is 0 Å². The third-order valence-electron chi connectivity index (χ3n) is 3.69. The molecule has 0 unspecified atom stereocenters. The van der Waals surface area contributed by atoms with E-state index in [1.807, 2.05) is 18.2 Å². The van der Waals surface area contributed by atoms with E-state index in [9.17, 15) is 4.79 Å². The summed E-state index contributed by atoms with van der Waals surface area (Å²) in [6.45, 7) is 4.55. The minimum Gasteiger partial charge on any atom is -0.454 e. The molecule has 0 spiro atoms. The van der Waals surface area contributed by atoms with E-state index in [2.05, 4.69) is 12.2 Å². The minimum atomic E-state index is 0.0794. The van der Waals surface area contributed by atoms with Crippen molar-refractivity contribution in [2.45, 2.75) is 19.8 Å². The van der Waals surface area contributed by atoms with Crippen LogP contribution in [0.2, 0.25) is 0 Å². The summed E-state index contributed by atoms with van der Waals surface area (Å²) in [5.41, 5.74) is 1.21. The summed E-state index contributed by atoms with van der Waals surface area (Å²) in [5.74, 6) is 1.62. The first kappa shape index (κ1) is 13.2. The Morgan fingerprint density at radius 3 is 2.85 bits per heavy atom. The summed E-state index contributed by atoms with van der Waals surface area (Å²) in [7, 11) is 0. The van der Waals surface area contributed by atoms with Crippen LogP contribution in [-0.4, -0.2) is 32.5 Å². The molecule has 1 N–H and O–H groups in total. The predicted molar refractivity (Wildman–Crippen MR) is 72.8 cm³/mol. The first-order chi connectivity index (χ1) is 9.65. The molecule has 0 aliphatic carbocycles. The Morgan fingerprint density at radius 2 is 2.10 bits per heavy atom. The molecular weight excluding hydrogens is 258 g/mol. The first-order valence-electron chi connectivity index (χ1n) is 6.88. The molecule has 3 rings (SSSR count). The molecule has 5 nitrogen and oxygen atoms in total. The normalized spacial score (nSPS) is 18.4. The van der Waals surface area contributed by atoms with Gasteiger partial charge in [-0.05, 0) is 24.1 Å². The maximum atomic E-state index is 11.8. The largest absolute Gasteiger partial charge is 0.454 e. The second-order valence-electron chi connectivity index (χ2n) is 5.77. The Balaban J connectivity index is 1.45. The maximum absolute atomic E-state index is 11.8. The smallest absolute Gasteiger partial charge is 0.231 e. The van der Waals surface area contributed by atoms with E-state index in [4.69, 9.17) is 14.2 Å². The lowest BCUT2D eigenvalue weighted by Crippen LogP contribution is -2.48. The van der Waals surface area contributed by atoms with Gasteiger partial charge in [-0.25, -0.2) is 0 Å². The van der Waals surface area contributed by atoms with Gasteiger partial charge in [0, 0.05) is 18.4 Å². The topological polar surface area (TPSA) is 56.8 Å². The Morgan fingerprint density at radius 1 is 1.30 bits per heavy atom. The van der Waals surface area contributed by atoms with Gasteiger partial charge < -0.3 is 19.5 Å². The fourth-order valence-electron chi connectivity index (χ4n) is 2.31. The lowest BCUT2D eigenvalue weighted by Gasteiger charge is -2.38. The highest BCUT2D eigenvalue weighted by Gasteiger charge is 2.33. The summed E-state index contributed by atoms with van der Waals surface area (Å²) < 4.78 is 15.7. The van der Waals surface area contributed by atoms with E-state index in [0.717, 1.165) is 30.3 Å². The van der Waals surface area contributed by atoms with Crippen LogP contribution >= 0.6 is 0 Å². The average Bonchev–Trinajstić information content (AvgIpc) is 2.88. The van der Waals surface area contributed by atoms with Gasteiger partial charge in [-0.3, -0.25) is 4.79 Å². The number of hydrogen-bond donors (Lipinski definition) is 1. The third-order valence-corrected chi connectivity index (χ3v) is 3.69. The molecule has 1 fully saturated rings. The number of amides is 1. The zero-order valence-electron chi connectivity index (χ0n) is 11.6. The van der Waals surface area contributed by atoms with Crippen molar-refractivity contribution in [3.63, 3.8) is 0 Å². The molecule has 1 amide bonds. The van der Waals surface area contributed by atoms with Gasteiger partial charge in [0.1, 0.15) is 0 Å². The van der Waals surface area contributed by atoms with Gasteiger partial charge in [0.2, 0.25) is 12.7 Å². The van der Waals surface area contributed by atoms with Gasteiger partial charge in [0.15, 0.2) is 11.5 Å². The molecule has 108 valence electrons. The number of carbonyl (C=O) groups excluding carboxylic acids is 1.